The van der Waals surface area contributed by atoms with Crippen molar-refractivity contribution in [3.05, 3.63) is 241 Å². The molecule has 0 aliphatic heterocycles. The van der Waals surface area contributed by atoms with Gasteiger partial charge in [-0.05, 0) is 97.1 Å². The van der Waals surface area contributed by atoms with Gasteiger partial charge in [-0.25, -0.2) is 18.0 Å². The second kappa shape index (κ2) is 54.3. The van der Waals surface area contributed by atoms with E-state index >= 15 is 0 Å². The van der Waals surface area contributed by atoms with Crippen molar-refractivity contribution in [2.75, 3.05) is 27.3 Å². The molecular formula is C58H76Cl4N20O12S2. The van der Waals surface area contributed by atoms with Crippen LogP contribution in [0.3, 0.4) is 0 Å². The topological polar surface area (TPSA) is 611 Å². The number of ether oxygens (including phenoxy) is 2. The Morgan fingerprint density at radius 2 is 0.521 bits per heavy atom. The van der Waals surface area contributed by atoms with Crippen molar-refractivity contribution < 1.29 is 56.9 Å². The number of hydrogen-bond acceptors (Lipinski definition) is 28. The first-order valence-electron chi connectivity index (χ1n) is 26.9. The summed E-state index contributed by atoms with van der Waals surface area (Å²) in [6, 6.07) is 36.5. The number of aromatic nitrogens is 8. The first-order valence-corrected chi connectivity index (χ1v) is 32.5. The number of methoxy groups -OCH3 is 2. The third kappa shape index (κ3) is 42.4. The largest absolute Gasteiger partial charge is 0.480 e. The van der Waals surface area contributed by atoms with Crippen LogP contribution in [-0.2, 0) is 56.7 Å². The highest BCUT2D eigenvalue weighted by Crippen LogP contribution is 2.10. The zero-order valence-corrected chi connectivity index (χ0v) is 56.0. The van der Waals surface area contributed by atoms with E-state index in [0.29, 0.717) is 47.3 Å². The Morgan fingerprint density at radius 3 is 0.656 bits per heavy atom. The van der Waals surface area contributed by atoms with Crippen molar-refractivity contribution in [2.24, 2.45) is 68.8 Å². The number of amides is 2. The first-order chi connectivity index (χ1) is 45.5. The molecule has 0 saturated carbocycles. The Morgan fingerprint density at radius 1 is 0.354 bits per heavy atom. The van der Waals surface area contributed by atoms with E-state index in [1.165, 1.54) is 26.6 Å². The van der Waals surface area contributed by atoms with Gasteiger partial charge in [-0.3, -0.25) is 59.0 Å². The van der Waals surface area contributed by atoms with Crippen LogP contribution < -0.4 is 68.8 Å². The van der Waals surface area contributed by atoms with Gasteiger partial charge in [0.2, 0.25) is 30.3 Å². The lowest BCUT2D eigenvalue weighted by Gasteiger charge is -2.06. The zero-order valence-electron chi connectivity index (χ0n) is 51.3. The fourth-order valence-electron chi connectivity index (χ4n) is 5.83. The highest BCUT2D eigenvalue weighted by atomic mass is 36.0. The lowest BCUT2D eigenvalue weighted by Crippen LogP contribution is -2.28. The maximum Gasteiger partial charge on any atom is 0.328 e. The predicted octanol–water partition coefficient (Wildman–Crippen LogP) is 2.14. The molecule has 0 radical (unpaired) electrons. The molecule has 8 rings (SSSR count). The standard InChI is InChI=1S/2C8H10N2O2.2C7H9N3O.2C7H11N3.2C7H8N2O2.2Cl2OS/c2*1-12-8(11)7(9)6-4-2-3-5-10-6;2*8-6(7(9)11)5-3-1-2-4-10-5;2*8-5-6(9)7-3-1-2-4-10-7;2*8-6(7(10)11)5-3-1-2-4-9-5;2*1-4(2)3/h2*2-5,7H,9H2,1H3;2*1-4,6H,8H2,(H2,9,11);2*1-4,6H,5,8-9H2;2*1-4,6H,8H2,(H,10,11);;/t2*7-;6*6-;;/m10101010../s1. The normalized spacial score (nSPS) is 12.2. The fourth-order valence-corrected chi connectivity index (χ4v) is 5.83. The number of carbonyl (C=O) groups excluding carboxylic acids is 4. The quantitative estimate of drug-likeness (QED) is 0.0487. The second-order valence-corrected chi connectivity index (χ2v) is 22.5. The number of carboxylic acids is 2. The molecule has 8 heterocycles. The Balaban J connectivity index is 0. The summed E-state index contributed by atoms with van der Waals surface area (Å²) in [7, 11) is 17.3. The summed E-state index contributed by atoms with van der Waals surface area (Å²) >= 11 is 0. The number of aliphatic carboxylic acids is 2. The van der Waals surface area contributed by atoms with Crippen LogP contribution in [0.2, 0.25) is 0 Å². The van der Waals surface area contributed by atoms with E-state index in [4.69, 9.17) is 87.4 Å². The molecule has 0 aromatic carbocycles. The van der Waals surface area contributed by atoms with Crippen molar-refractivity contribution >= 4 is 96.9 Å². The number of carbonyl (C=O) groups is 6. The molecule has 38 heteroatoms. The van der Waals surface area contributed by atoms with Crippen LogP contribution in [0.15, 0.2) is 195 Å². The molecule has 0 unspecified atom stereocenters. The molecular weight excluding hydrogens is 1370 g/mol. The number of nitrogens with zero attached hydrogens (tertiary/aromatic N) is 8. The van der Waals surface area contributed by atoms with Gasteiger partial charge in [0.15, 0.2) is 0 Å². The summed E-state index contributed by atoms with van der Waals surface area (Å²) in [6.45, 7) is 0.883. The minimum atomic E-state index is -1.67. The Kier molecular flexibility index (Phi) is 50.5. The van der Waals surface area contributed by atoms with E-state index in [-0.39, 0.29) is 12.1 Å². The summed E-state index contributed by atoms with van der Waals surface area (Å²) in [5, 5.41) is 16.9. The number of halogens is 4. The molecule has 96 heavy (non-hydrogen) atoms. The maximum atomic E-state index is 10.9. The second-order valence-electron chi connectivity index (χ2n) is 17.5. The number of esters is 2. The van der Waals surface area contributed by atoms with E-state index in [1.54, 1.807) is 146 Å². The van der Waals surface area contributed by atoms with Gasteiger partial charge < -0.3 is 88.5 Å². The van der Waals surface area contributed by atoms with Crippen molar-refractivity contribution in [1.29, 1.82) is 0 Å². The van der Waals surface area contributed by atoms with Crippen molar-refractivity contribution in [3.63, 3.8) is 0 Å². The monoisotopic (exact) mass is 1450 g/mol. The number of hydrogen-bond donors (Lipinski definition) is 14. The molecule has 8 aromatic heterocycles. The van der Waals surface area contributed by atoms with Gasteiger partial charge in [0.25, 0.3) is 0 Å². The van der Waals surface area contributed by atoms with Crippen LogP contribution in [0.25, 0.3) is 0 Å². The van der Waals surface area contributed by atoms with Crippen molar-refractivity contribution in [3.8, 4) is 0 Å². The average Bonchev–Trinajstić information content (AvgIpc) is 2.88. The fraction of sp³-hybridized carbons (Fsp3) is 0.207. The molecule has 8 atom stereocenters. The number of carboxylic acid groups (broad SMARTS) is 2. The molecule has 0 saturated heterocycles. The van der Waals surface area contributed by atoms with Crippen LogP contribution >= 0.6 is 42.7 Å². The highest BCUT2D eigenvalue weighted by molar-refractivity contribution is 8.27. The Hall–Kier alpha value is -8.92. The van der Waals surface area contributed by atoms with Crippen LogP contribution in [0, 0.1) is 0 Å². The van der Waals surface area contributed by atoms with Gasteiger partial charge in [-0.15, -0.1) is 0 Å². The van der Waals surface area contributed by atoms with E-state index in [2.05, 4.69) is 92.1 Å². The summed E-state index contributed by atoms with van der Waals surface area (Å²) < 4.78 is 27.1. The Labute approximate surface area is 575 Å². The third-order valence-corrected chi connectivity index (χ3v) is 10.7. The van der Waals surface area contributed by atoms with Crippen LogP contribution in [-0.4, -0.2) is 122 Å². The molecule has 2 amide bonds. The molecule has 0 aliphatic carbocycles. The van der Waals surface area contributed by atoms with Gasteiger partial charge in [-0.2, -0.15) is 0 Å². The van der Waals surface area contributed by atoms with Gasteiger partial charge in [-0.1, -0.05) is 48.5 Å². The molecule has 32 nitrogen and oxygen atoms in total. The van der Waals surface area contributed by atoms with Crippen LogP contribution in [0.1, 0.15) is 93.9 Å². The van der Waals surface area contributed by atoms with Gasteiger partial charge in [0, 0.05) is 105 Å². The van der Waals surface area contributed by atoms with Gasteiger partial charge >= 0.3 is 23.9 Å². The first kappa shape index (κ1) is 89.1. The molecule has 520 valence electrons. The number of pyridine rings is 8. The smallest absolute Gasteiger partial charge is 0.328 e. The summed E-state index contributed by atoms with van der Waals surface area (Å²) in [5.74, 6) is -4.22. The lowest BCUT2D eigenvalue weighted by atomic mass is 10.2. The van der Waals surface area contributed by atoms with Crippen molar-refractivity contribution in [1.82, 2.24) is 39.9 Å². The molecule has 26 N–H and O–H groups in total. The number of primary amides is 2. The van der Waals surface area contributed by atoms with Crippen molar-refractivity contribution in [2.45, 2.75) is 48.3 Å². The number of rotatable bonds is 16. The third-order valence-electron chi connectivity index (χ3n) is 10.7. The molecule has 0 bridgehead atoms. The predicted molar refractivity (Wildman–Crippen MR) is 365 cm³/mol. The average molecular weight is 1450 g/mol. The molecule has 0 spiro atoms. The zero-order chi connectivity index (χ0) is 73.0. The summed E-state index contributed by atoms with van der Waals surface area (Å²) in [5.41, 5.74) is 68.7. The van der Waals surface area contributed by atoms with Crippen LogP contribution in [0.5, 0.6) is 0 Å². The maximum absolute atomic E-state index is 10.9. The molecule has 0 aliphatic rings. The van der Waals surface area contributed by atoms with E-state index < -0.39 is 90.4 Å². The van der Waals surface area contributed by atoms with E-state index in [1.807, 2.05) is 36.4 Å². The van der Waals surface area contributed by atoms with E-state index in [0.717, 1.165) is 11.4 Å². The van der Waals surface area contributed by atoms with Gasteiger partial charge in [0.1, 0.15) is 36.3 Å². The minimum absolute atomic E-state index is 0.124. The summed E-state index contributed by atoms with van der Waals surface area (Å²) in [4.78, 5) is 94.9. The number of nitrogens with two attached hydrogens (primary N) is 12. The van der Waals surface area contributed by atoms with Gasteiger partial charge in [0.05, 0.1) is 71.9 Å². The summed E-state index contributed by atoms with van der Waals surface area (Å²) in [6.07, 6.45) is 12.7. The molecule has 0 fully saturated rings. The molecule has 8 aromatic rings. The van der Waals surface area contributed by atoms with E-state index in [9.17, 15) is 28.8 Å². The SMILES string of the molecule is COC(=O)[C@@H](N)c1ccccn1.COC(=O)[C@H](N)c1ccccn1.NC(=O)[C@@H](N)c1ccccn1.NC(=O)[C@H](N)c1ccccn1.NC[C@@H](N)c1ccccn1.NC[C@H](N)c1ccccn1.N[C@@H](C(=O)O)c1ccccn1.N[C@H](C(=O)O)c1ccccn1.O=S(Cl)Cl.O=S(Cl)Cl. The van der Waals surface area contributed by atoms with Crippen LogP contribution in [0.4, 0.5) is 0 Å². The lowest BCUT2D eigenvalue weighted by molar-refractivity contribution is -0.143. The Bertz CT molecular complexity index is 3080. The minimum Gasteiger partial charge on any atom is -0.480 e. The highest BCUT2D eigenvalue weighted by Gasteiger charge is 2.19.